The van der Waals surface area contributed by atoms with Crippen LogP contribution >= 0.6 is 0 Å². The van der Waals surface area contributed by atoms with Crippen molar-refractivity contribution in [3.05, 3.63) is 116 Å². The van der Waals surface area contributed by atoms with Gasteiger partial charge < -0.3 is 4.74 Å². The van der Waals surface area contributed by atoms with Crippen LogP contribution in [0.15, 0.2) is 86.9 Å². The average Bonchev–Trinajstić information content (AvgIpc) is 3.40. The number of hydrogen-bond donors (Lipinski definition) is 1. The number of nitrogens with zero attached hydrogens (tertiary/aromatic N) is 3. The summed E-state index contributed by atoms with van der Waals surface area (Å²) in [6.07, 6.45) is 5.83. The molecule has 3 aromatic carbocycles. The first-order valence-electron chi connectivity index (χ1n) is 14.1. The van der Waals surface area contributed by atoms with E-state index in [2.05, 4.69) is 17.1 Å². The van der Waals surface area contributed by atoms with Crippen molar-refractivity contribution in [3.8, 4) is 34.0 Å². The third-order valence-corrected chi connectivity index (χ3v) is 7.63. The van der Waals surface area contributed by atoms with Crippen molar-refractivity contribution in [3.63, 3.8) is 0 Å². The molecule has 6 rings (SSSR count). The van der Waals surface area contributed by atoms with E-state index >= 15 is 0 Å². The van der Waals surface area contributed by atoms with Gasteiger partial charge in [-0.25, -0.2) is 9.78 Å². The van der Waals surface area contributed by atoms with E-state index in [1.165, 1.54) is 6.42 Å². The number of benzene rings is 3. The molecule has 42 heavy (non-hydrogen) atoms. The number of aryl methyl sites for hydroxylation is 2. The molecule has 0 bridgehead atoms. The summed E-state index contributed by atoms with van der Waals surface area (Å²) in [4.78, 5) is 33.0. The van der Waals surface area contributed by atoms with E-state index in [9.17, 15) is 9.59 Å². The van der Waals surface area contributed by atoms with Crippen LogP contribution in [-0.4, -0.2) is 77.2 Å². The topological polar surface area (TPSA) is 103 Å². The number of H-pyrrole nitrogens is 1. The van der Waals surface area contributed by atoms with Gasteiger partial charge in [-0.3, -0.25) is 18.9 Å². The molecule has 0 atom stereocenters. The van der Waals surface area contributed by atoms with Crippen LogP contribution in [0.4, 0.5) is 0 Å². The van der Waals surface area contributed by atoms with Crippen molar-refractivity contribution in [1.29, 1.82) is 0 Å². The van der Waals surface area contributed by atoms with E-state index in [0.717, 1.165) is 65.1 Å². The first-order chi connectivity index (χ1) is 20.0. The summed E-state index contributed by atoms with van der Waals surface area (Å²) < 4.78 is 12.4. The molecular weight excluding hydrogens is 555 g/mol. The standard InChI is InChI=1S/C33H32N4O4.K.H/c1-3-7-30-29(32(38)37(21(2)34-30)24-16-18-26(19-17-24)40-25-8-6-9-25)20-22-12-14-23(15-13-22)27-10-4-5-11-28(27)31-35-33(39)41-36-31;;/h4-5,10-19,25H,3,6-9,20H2,1-2H3,(H,35,36,39);;. The van der Waals surface area contributed by atoms with Gasteiger partial charge in [-0.05, 0) is 73.6 Å². The summed E-state index contributed by atoms with van der Waals surface area (Å²) in [6.45, 7) is 3.99. The van der Waals surface area contributed by atoms with Gasteiger partial charge in [0.15, 0.2) is 5.82 Å². The van der Waals surface area contributed by atoms with Gasteiger partial charge in [0.05, 0.1) is 17.5 Å². The molecule has 0 spiro atoms. The van der Waals surface area contributed by atoms with E-state index in [1.807, 2.05) is 79.7 Å². The Morgan fingerprint density at radius 2 is 1.69 bits per heavy atom. The Labute approximate surface area is 286 Å². The van der Waals surface area contributed by atoms with E-state index < -0.39 is 5.76 Å². The molecule has 9 heteroatoms. The quantitative estimate of drug-likeness (QED) is 0.232. The minimum absolute atomic E-state index is 0. The van der Waals surface area contributed by atoms with E-state index in [-0.39, 0.29) is 56.9 Å². The van der Waals surface area contributed by atoms with Crippen LogP contribution in [-0.2, 0) is 12.8 Å². The van der Waals surface area contributed by atoms with E-state index in [1.54, 1.807) is 4.57 Å². The van der Waals surface area contributed by atoms with Crippen molar-refractivity contribution < 1.29 is 9.26 Å². The molecular formula is C33H33KN4O4. The van der Waals surface area contributed by atoms with Gasteiger partial charge in [-0.2, -0.15) is 0 Å². The monoisotopic (exact) mass is 588 g/mol. The molecule has 2 aromatic heterocycles. The molecule has 0 aliphatic heterocycles. The van der Waals surface area contributed by atoms with Crippen molar-refractivity contribution in [1.82, 2.24) is 19.7 Å². The van der Waals surface area contributed by atoms with Crippen molar-refractivity contribution in [2.45, 2.75) is 58.5 Å². The Bertz CT molecular complexity index is 1790. The fourth-order valence-electron chi connectivity index (χ4n) is 5.29. The van der Waals surface area contributed by atoms with Gasteiger partial charge in [0, 0.05) is 17.5 Å². The summed E-state index contributed by atoms with van der Waals surface area (Å²) >= 11 is 0. The molecule has 1 fully saturated rings. The Kier molecular flexibility index (Phi) is 9.75. The van der Waals surface area contributed by atoms with Gasteiger partial charge in [0.1, 0.15) is 11.6 Å². The molecule has 5 aromatic rings. The van der Waals surface area contributed by atoms with Crippen LogP contribution in [0.5, 0.6) is 5.75 Å². The van der Waals surface area contributed by atoms with E-state index in [4.69, 9.17) is 14.2 Å². The second-order valence-corrected chi connectivity index (χ2v) is 10.5. The maximum atomic E-state index is 13.9. The third-order valence-electron chi connectivity index (χ3n) is 7.63. The molecule has 1 aliphatic carbocycles. The molecule has 2 heterocycles. The summed E-state index contributed by atoms with van der Waals surface area (Å²) in [5, 5.41) is 3.85. The van der Waals surface area contributed by atoms with Crippen LogP contribution in [0.3, 0.4) is 0 Å². The second kappa shape index (κ2) is 13.5. The molecule has 1 aliphatic rings. The average molecular weight is 589 g/mol. The zero-order valence-electron chi connectivity index (χ0n) is 23.2. The second-order valence-electron chi connectivity index (χ2n) is 10.5. The molecule has 0 radical (unpaired) electrons. The molecule has 1 N–H and O–H groups in total. The molecule has 1 saturated carbocycles. The van der Waals surface area contributed by atoms with Crippen LogP contribution in [0.2, 0.25) is 0 Å². The Morgan fingerprint density at radius 3 is 2.31 bits per heavy atom. The van der Waals surface area contributed by atoms with Crippen molar-refractivity contribution in [2.24, 2.45) is 0 Å². The normalized spacial score (nSPS) is 12.9. The summed E-state index contributed by atoms with van der Waals surface area (Å²) in [5.41, 5.74) is 5.95. The predicted molar refractivity (Wildman–Crippen MR) is 165 cm³/mol. The first kappa shape index (κ1) is 30.4. The zero-order valence-corrected chi connectivity index (χ0v) is 23.2. The SMILES string of the molecule is CCCc1nc(C)n(-c2ccc(OC3CCC3)cc2)c(=O)c1Cc1ccc(-c2ccccc2-c2noc(=O)[nH]2)cc1.[KH]. The summed E-state index contributed by atoms with van der Waals surface area (Å²) in [6, 6.07) is 23.5. The van der Waals surface area contributed by atoms with Crippen LogP contribution in [0.25, 0.3) is 28.2 Å². The van der Waals surface area contributed by atoms with Crippen LogP contribution < -0.4 is 16.1 Å². The fourth-order valence-corrected chi connectivity index (χ4v) is 5.29. The molecule has 210 valence electrons. The van der Waals surface area contributed by atoms with Crippen LogP contribution in [0.1, 0.15) is 55.3 Å². The van der Waals surface area contributed by atoms with Gasteiger partial charge in [-0.15, -0.1) is 0 Å². The Balaban J connectivity index is 0.00000353. The van der Waals surface area contributed by atoms with Gasteiger partial charge in [-0.1, -0.05) is 67.0 Å². The molecule has 0 amide bonds. The number of ether oxygens (including phenoxy) is 1. The van der Waals surface area contributed by atoms with Gasteiger partial charge >= 0.3 is 57.1 Å². The van der Waals surface area contributed by atoms with Gasteiger partial charge in [0.2, 0.25) is 0 Å². The number of aromatic amines is 1. The molecule has 8 nitrogen and oxygen atoms in total. The Morgan fingerprint density at radius 1 is 0.976 bits per heavy atom. The number of rotatable bonds is 9. The number of hydrogen-bond acceptors (Lipinski definition) is 6. The van der Waals surface area contributed by atoms with Crippen LogP contribution in [0, 0.1) is 6.92 Å². The van der Waals surface area contributed by atoms with Crippen molar-refractivity contribution >= 4 is 51.4 Å². The van der Waals surface area contributed by atoms with Gasteiger partial charge in [0.25, 0.3) is 5.56 Å². The predicted octanol–water partition coefficient (Wildman–Crippen LogP) is 5.38. The summed E-state index contributed by atoms with van der Waals surface area (Å²) in [7, 11) is 0. The summed E-state index contributed by atoms with van der Waals surface area (Å²) in [5.74, 6) is 1.29. The van der Waals surface area contributed by atoms with E-state index in [0.29, 0.717) is 29.7 Å². The molecule has 0 unspecified atom stereocenters. The zero-order chi connectivity index (χ0) is 28.3. The Hall–Kier alpha value is -3.08. The van der Waals surface area contributed by atoms with Crippen molar-refractivity contribution in [2.75, 3.05) is 0 Å². The minimum atomic E-state index is -0.594. The third kappa shape index (κ3) is 6.45. The number of nitrogens with one attached hydrogen (secondary N) is 1. The maximum absolute atomic E-state index is 13.9. The number of aromatic nitrogens is 4. The fraction of sp³-hybridized carbons (Fsp3) is 0.273. The first-order valence-corrected chi connectivity index (χ1v) is 14.1. The molecule has 0 saturated heterocycles.